The molecule has 28 heavy (non-hydrogen) atoms. The van der Waals surface area contributed by atoms with Gasteiger partial charge in [0.15, 0.2) is 0 Å². The van der Waals surface area contributed by atoms with E-state index in [0.29, 0.717) is 0 Å². The first-order chi connectivity index (χ1) is 12.6. The summed E-state index contributed by atoms with van der Waals surface area (Å²) in [6.07, 6.45) is 3.10. The molecule has 0 saturated carbocycles. The molecule has 164 valence electrons. The highest BCUT2D eigenvalue weighted by atomic mass is 32.1. The minimum absolute atomic E-state index is 0. The average molecular weight is 437 g/mol. The van der Waals surface area contributed by atoms with Gasteiger partial charge in [-0.05, 0) is 19.3 Å². The molecule has 3 N–H and O–H groups in total. The van der Waals surface area contributed by atoms with E-state index < -0.39 is 0 Å². The largest absolute Gasteiger partial charge is 0.336 e. The van der Waals surface area contributed by atoms with Crippen LogP contribution in [0.3, 0.4) is 0 Å². The maximum absolute atomic E-state index is 11.2. The second-order valence-electron chi connectivity index (χ2n) is 6.44. The summed E-state index contributed by atoms with van der Waals surface area (Å²) in [4.78, 5) is 38.7. The van der Waals surface area contributed by atoms with Crippen molar-refractivity contribution in [2.45, 2.75) is 26.7 Å². The van der Waals surface area contributed by atoms with E-state index in [1.807, 2.05) is 9.80 Å². The molecule has 0 radical (unpaired) electrons. The highest BCUT2D eigenvalue weighted by molar-refractivity contribution is 7.80. The summed E-state index contributed by atoms with van der Waals surface area (Å²) >= 11 is 4.01. The standard InChI is InChI=1S/C11H20N4O2.C5H10N2OS.CH4.H2S/c16-10-12-4-8-14(10)6-2-1-3-7-15-9-5-13-11(15)17;8-5-6-1-2-7(5)3-4-9;;/h1-9H2,(H,12,16)(H,13,17);9H,1-4H2,(H,6,8);1H4;1H2. The Balaban J connectivity index is 0.000000570. The van der Waals surface area contributed by atoms with E-state index in [2.05, 4.69) is 28.6 Å². The summed E-state index contributed by atoms with van der Waals surface area (Å²) in [5, 5.41) is 8.28. The molecule has 0 aliphatic carbocycles. The van der Waals surface area contributed by atoms with Crippen molar-refractivity contribution in [1.82, 2.24) is 30.7 Å². The van der Waals surface area contributed by atoms with Crippen molar-refractivity contribution < 1.29 is 14.4 Å². The van der Waals surface area contributed by atoms with E-state index in [4.69, 9.17) is 0 Å². The molecule has 3 aliphatic rings. The van der Waals surface area contributed by atoms with Crippen molar-refractivity contribution in [2.75, 3.05) is 64.7 Å². The quantitative estimate of drug-likeness (QED) is 0.336. The Labute approximate surface area is 180 Å². The Morgan fingerprint density at radius 1 is 0.679 bits per heavy atom. The van der Waals surface area contributed by atoms with Crippen LogP contribution in [0.2, 0.25) is 0 Å². The van der Waals surface area contributed by atoms with Crippen molar-refractivity contribution in [3.63, 3.8) is 0 Å². The van der Waals surface area contributed by atoms with Gasteiger partial charge in [0.2, 0.25) is 0 Å². The van der Waals surface area contributed by atoms with Gasteiger partial charge in [-0.2, -0.15) is 26.1 Å². The molecule has 0 bridgehead atoms. The molecule has 0 spiro atoms. The first-order valence-electron chi connectivity index (χ1n) is 9.31. The fourth-order valence-electron chi connectivity index (χ4n) is 3.08. The van der Waals surface area contributed by atoms with Gasteiger partial charge in [0, 0.05) is 64.7 Å². The molecule has 0 aromatic rings. The summed E-state index contributed by atoms with van der Waals surface area (Å²) in [6.45, 7) is 7.23. The van der Waals surface area contributed by atoms with Crippen molar-refractivity contribution in [3.8, 4) is 0 Å². The topological polar surface area (TPSA) is 97.0 Å². The minimum Gasteiger partial charge on any atom is -0.336 e. The first-order valence-corrected chi connectivity index (χ1v) is 9.94. The van der Waals surface area contributed by atoms with Gasteiger partial charge in [0.1, 0.15) is 0 Å². The number of rotatable bonds is 8. The maximum atomic E-state index is 11.2. The Morgan fingerprint density at radius 2 is 1.04 bits per heavy atom. The van der Waals surface area contributed by atoms with Crippen LogP contribution in [-0.4, -0.2) is 97.4 Å². The van der Waals surface area contributed by atoms with Gasteiger partial charge in [-0.3, -0.25) is 0 Å². The molecule has 3 aliphatic heterocycles. The van der Waals surface area contributed by atoms with E-state index in [1.165, 1.54) is 0 Å². The zero-order chi connectivity index (χ0) is 18.8. The SMILES string of the molecule is C.O=C1NCCN1CCCCCN1CCNC1=O.O=C1NCCN1CCS.S. The van der Waals surface area contributed by atoms with Crippen LogP contribution in [0.4, 0.5) is 14.4 Å². The van der Waals surface area contributed by atoms with Crippen LogP contribution in [0, 0.1) is 0 Å². The number of nitrogens with zero attached hydrogens (tertiary/aromatic N) is 3. The predicted octanol–water partition coefficient (Wildman–Crippen LogP) is 0.897. The van der Waals surface area contributed by atoms with Crippen LogP contribution >= 0.6 is 26.1 Å². The van der Waals surface area contributed by atoms with E-state index >= 15 is 0 Å². The molecule has 0 aromatic carbocycles. The molecule has 3 fully saturated rings. The third-order valence-corrected chi connectivity index (χ3v) is 4.76. The third-order valence-electron chi connectivity index (χ3n) is 4.56. The van der Waals surface area contributed by atoms with Crippen LogP contribution in [0.25, 0.3) is 0 Å². The summed E-state index contributed by atoms with van der Waals surface area (Å²) in [7, 11) is 0. The van der Waals surface area contributed by atoms with Gasteiger partial charge >= 0.3 is 18.1 Å². The lowest BCUT2D eigenvalue weighted by molar-refractivity contribution is 0.213. The molecule has 9 nitrogen and oxygen atoms in total. The molecule has 3 rings (SSSR count). The summed E-state index contributed by atoms with van der Waals surface area (Å²) in [5.74, 6) is 0.743. The van der Waals surface area contributed by atoms with Gasteiger partial charge in [-0.25, -0.2) is 14.4 Å². The lowest BCUT2D eigenvalue weighted by Crippen LogP contribution is -2.30. The molecular weight excluding hydrogens is 400 g/mol. The van der Waals surface area contributed by atoms with Crippen LogP contribution in [0.1, 0.15) is 26.7 Å². The van der Waals surface area contributed by atoms with Gasteiger partial charge in [-0.1, -0.05) is 7.43 Å². The molecule has 0 atom stereocenters. The minimum atomic E-state index is 0. The zero-order valence-electron chi connectivity index (χ0n) is 15.7. The lowest BCUT2D eigenvalue weighted by Gasteiger charge is -2.15. The van der Waals surface area contributed by atoms with Gasteiger partial charge in [0.25, 0.3) is 0 Å². The second-order valence-corrected chi connectivity index (χ2v) is 6.89. The summed E-state index contributed by atoms with van der Waals surface area (Å²) in [5.41, 5.74) is 0. The number of hydrogen-bond donors (Lipinski definition) is 4. The number of amides is 6. The van der Waals surface area contributed by atoms with Crippen LogP contribution in [0.5, 0.6) is 0 Å². The van der Waals surface area contributed by atoms with Crippen LogP contribution in [-0.2, 0) is 0 Å². The molecule has 3 heterocycles. The Bertz CT molecular complexity index is 470. The number of nitrogens with one attached hydrogen (secondary N) is 3. The summed E-state index contributed by atoms with van der Waals surface area (Å²) in [6, 6.07) is 0.164. The van der Waals surface area contributed by atoms with E-state index in [0.717, 1.165) is 83.9 Å². The fourth-order valence-corrected chi connectivity index (χ4v) is 3.32. The number of urea groups is 3. The monoisotopic (exact) mass is 436 g/mol. The van der Waals surface area contributed by atoms with Crippen molar-refractivity contribution in [2.24, 2.45) is 0 Å². The number of carbonyl (C=O) groups excluding carboxylic acids is 3. The van der Waals surface area contributed by atoms with Crippen molar-refractivity contribution in [1.29, 1.82) is 0 Å². The van der Waals surface area contributed by atoms with E-state index in [9.17, 15) is 14.4 Å². The third kappa shape index (κ3) is 8.68. The maximum Gasteiger partial charge on any atom is 0.317 e. The smallest absolute Gasteiger partial charge is 0.317 e. The molecular formula is C17H36N6O3S2. The average Bonchev–Trinajstić information content (AvgIpc) is 3.33. The second kappa shape index (κ2) is 14.5. The Hall–Kier alpha value is -1.49. The Morgan fingerprint density at radius 3 is 1.32 bits per heavy atom. The van der Waals surface area contributed by atoms with Crippen LogP contribution in [0.15, 0.2) is 0 Å². The van der Waals surface area contributed by atoms with Crippen molar-refractivity contribution in [3.05, 3.63) is 0 Å². The zero-order valence-corrected chi connectivity index (χ0v) is 17.6. The number of unbranched alkanes of at least 4 members (excludes halogenated alkanes) is 2. The van der Waals surface area contributed by atoms with Gasteiger partial charge < -0.3 is 30.7 Å². The highest BCUT2D eigenvalue weighted by Crippen LogP contribution is 2.05. The lowest BCUT2D eigenvalue weighted by atomic mass is 10.2. The summed E-state index contributed by atoms with van der Waals surface area (Å²) < 4.78 is 0. The Kier molecular flexibility index (Phi) is 13.7. The number of thiol groups is 1. The van der Waals surface area contributed by atoms with Gasteiger partial charge in [0.05, 0.1) is 0 Å². The normalized spacial score (nSPS) is 17.9. The molecule has 3 saturated heterocycles. The van der Waals surface area contributed by atoms with Gasteiger partial charge in [-0.15, -0.1) is 0 Å². The highest BCUT2D eigenvalue weighted by Gasteiger charge is 2.20. The van der Waals surface area contributed by atoms with Crippen LogP contribution < -0.4 is 16.0 Å². The van der Waals surface area contributed by atoms with E-state index in [1.54, 1.807) is 4.90 Å². The molecule has 0 aromatic heterocycles. The predicted molar refractivity (Wildman–Crippen MR) is 120 cm³/mol. The molecule has 6 amide bonds. The van der Waals surface area contributed by atoms with Crippen molar-refractivity contribution >= 4 is 44.2 Å². The van der Waals surface area contributed by atoms with E-state index in [-0.39, 0.29) is 39.0 Å². The number of carbonyl (C=O) groups is 3. The fraction of sp³-hybridized carbons (Fsp3) is 0.824. The molecule has 0 unspecified atom stereocenters. The number of hydrogen-bond acceptors (Lipinski definition) is 4. The first kappa shape index (κ1) is 26.5. The molecule has 11 heteroatoms.